The third-order valence-electron chi connectivity index (χ3n) is 4.01. The average Bonchev–Trinajstić information content (AvgIpc) is 2.47. The summed E-state index contributed by atoms with van der Waals surface area (Å²) in [5.41, 5.74) is 4.19. The Morgan fingerprint density at radius 3 is 2.56 bits per heavy atom. The van der Waals surface area contributed by atoms with E-state index < -0.39 is 0 Å². The predicted octanol–water partition coefficient (Wildman–Crippen LogP) is 4.22. The zero-order chi connectivity index (χ0) is 12.4. The van der Waals surface area contributed by atoms with Crippen molar-refractivity contribution in [3.05, 3.63) is 65.7 Å². The zero-order valence-electron chi connectivity index (χ0n) is 10.8. The van der Waals surface area contributed by atoms with Crippen molar-refractivity contribution in [1.82, 2.24) is 0 Å². The van der Waals surface area contributed by atoms with Gasteiger partial charge in [-0.15, -0.1) is 0 Å². The Kier molecular flexibility index (Phi) is 3.06. The minimum Gasteiger partial charge on any atom is -0.381 e. The van der Waals surface area contributed by atoms with Crippen molar-refractivity contribution in [2.45, 2.75) is 31.7 Å². The van der Waals surface area contributed by atoms with Crippen LogP contribution in [0, 0.1) is 0 Å². The molecule has 1 N–H and O–H groups in total. The van der Waals surface area contributed by atoms with Gasteiger partial charge in [0, 0.05) is 17.6 Å². The van der Waals surface area contributed by atoms with E-state index in [-0.39, 0.29) is 0 Å². The molecular formula is C17H19N. The lowest BCUT2D eigenvalue weighted by Crippen LogP contribution is -2.30. The van der Waals surface area contributed by atoms with E-state index in [4.69, 9.17) is 0 Å². The van der Waals surface area contributed by atoms with E-state index in [0.29, 0.717) is 12.0 Å². The molecule has 1 aliphatic rings. The van der Waals surface area contributed by atoms with Crippen LogP contribution in [0.4, 0.5) is 5.69 Å². The maximum atomic E-state index is 3.70. The summed E-state index contributed by atoms with van der Waals surface area (Å²) in [5.74, 6) is 0.555. The van der Waals surface area contributed by atoms with Crippen LogP contribution in [0.5, 0.6) is 0 Å². The lowest BCUT2D eigenvalue weighted by atomic mass is 9.86. The minimum atomic E-state index is 0.544. The van der Waals surface area contributed by atoms with E-state index in [9.17, 15) is 0 Å². The van der Waals surface area contributed by atoms with Crippen LogP contribution in [-0.4, -0.2) is 6.04 Å². The van der Waals surface area contributed by atoms with Crippen molar-refractivity contribution in [3.8, 4) is 0 Å². The number of para-hydroxylation sites is 1. The lowest BCUT2D eigenvalue weighted by Gasteiger charge is -2.31. The highest BCUT2D eigenvalue weighted by atomic mass is 14.9. The molecule has 0 spiro atoms. The first-order valence-corrected chi connectivity index (χ1v) is 6.74. The van der Waals surface area contributed by atoms with Gasteiger partial charge >= 0.3 is 0 Å². The number of fused-ring (bicyclic) bond motifs is 1. The molecule has 0 saturated carbocycles. The molecule has 3 rings (SSSR count). The minimum absolute atomic E-state index is 0.544. The molecule has 1 aliphatic heterocycles. The van der Waals surface area contributed by atoms with E-state index in [2.05, 4.69) is 66.8 Å². The van der Waals surface area contributed by atoms with Crippen molar-refractivity contribution < 1.29 is 0 Å². The maximum Gasteiger partial charge on any atom is 0.0375 e. The molecule has 0 radical (unpaired) electrons. The van der Waals surface area contributed by atoms with Gasteiger partial charge in [0.05, 0.1) is 0 Å². The van der Waals surface area contributed by atoms with Gasteiger partial charge in [-0.2, -0.15) is 0 Å². The summed E-state index contributed by atoms with van der Waals surface area (Å²) in [5, 5.41) is 3.70. The molecule has 18 heavy (non-hydrogen) atoms. The van der Waals surface area contributed by atoms with Crippen molar-refractivity contribution in [2.24, 2.45) is 0 Å². The topological polar surface area (TPSA) is 12.0 Å². The second kappa shape index (κ2) is 4.85. The Bertz CT molecular complexity index is 518. The molecule has 1 nitrogen and oxygen atoms in total. The van der Waals surface area contributed by atoms with Crippen LogP contribution in [0.3, 0.4) is 0 Å². The van der Waals surface area contributed by atoms with Gasteiger partial charge in [-0.1, -0.05) is 55.5 Å². The number of hydrogen-bond donors (Lipinski definition) is 1. The van der Waals surface area contributed by atoms with Gasteiger partial charge in [0.1, 0.15) is 0 Å². The standard InChI is InChI=1S/C17H19N/c1-13(14-7-3-2-4-8-14)16-12-11-15-9-5-6-10-17(15)18-16/h2-10,13,16,18H,11-12H2,1H3. The normalized spacial score (nSPS) is 19.7. The summed E-state index contributed by atoms with van der Waals surface area (Å²) in [4.78, 5) is 0. The number of anilines is 1. The van der Waals surface area contributed by atoms with Crippen LogP contribution < -0.4 is 5.32 Å². The molecule has 0 aliphatic carbocycles. The number of rotatable bonds is 2. The smallest absolute Gasteiger partial charge is 0.0375 e. The van der Waals surface area contributed by atoms with Gasteiger partial charge in [-0.3, -0.25) is 0 Å². The van der Waals surface area contributed by atoms with Crippen molar-refractivity contribution in [1.29, 1.82) is 0 Å². The predicted molar refractivity (Wildman–Crippen MR) is 77.0 cm³/mol. The molecule has 1 heteroatoms. The largest absolute Gasteiger partial charge is 0.381 e. The fourth-order valence-corrected chi connectivity index (χ4v) is 2.83. The number of nitrogens with one attached hydrogen (secondary N) is 1. The van der Waals surface area contributed by atoms with E-state index in [1.54, 1.807) is 0 Å². The van der Waals surface area contributed by atoms with Crippen molar-refractivity contribution in [3.63, 3.8) is 0 Å². The molecular weight excluding hydrogens is 218 g/mol. The first-order chi connectivity index (χ1) is 8.84. The van der Waals surface area contributed by atoms with E-state index >= 15 is 0 Å². The zero-order valence-corrected chi connectivity index (χ0v) is 10.8. The highest BCUT2D eigenvalue weighted by Crippen LogP contribution is 2.31. The summed E-state index contributed by atoms with van der Waals surface area (Å²) in [6.07, 6.45) is 2.40. The Labute approximate surface area is 109 Å². The van der Waals surface area contributed by atoms with Crippen molar-refractivity contribution in [2.75, 3.05) is 5.32 Å². The van der Waals surface area contributed by atoms with Crippen LogP contribution in [0.15, 0.2) is 54.6 Å². The van der Waals surface area contributed by atoms with E-state index in [1.807, 2.05) is 0 Å². The van der Waals surface area contributed by atoms with Gasteiger partial charge in [0.15, 0.2) is 0 Å². The van der Waals surface area contributed by atoms with Gasteiger partial charge in [0.2, 0.25) is 0 Å². The summed E-state index contributed by atoms with van der Waals surface area (Å²) < 4.78 is 0. The van der Waals surface area contributed by atoms with Crippen LogP contribution in [0.25, 0.3) is 0 Å². The molecule has 2 aromatic carbocycles. The summed E-state index contributed by atoms with van der Waals surface area (Å²) in [6, 6.07) is 20.0. The molecule has 2 unspecified atom stereocenters. The third kappa shape index (κ3) is 2.13. The Morgan fingerprint density at radius 2 is 1.72 bits per heavy atom. The number of aryl methyl sites for hydroxylation is 1. The molecule has 0 fully saturated rings. The summed E-state index contributed by atoms with van der Waals surface area (Å²) in [6.45, 7) is 2.32. The molecule has 0 bridgehead atoms. The fraction of sp³-hybridized carbons (Fsp3) is 0.294. The molecule has 2 aromatic rings. The van der Waals surface area contributed by atoms with Crippen LogP contribution >= 0.6 is 0 Å². The van der Waals surface area contributed by atoms with E-state index in [0.717, 1.165) is 0 Å². The van der Waals surface area contributed by atoms with Crippen LogP contribution in [0.2, 0.25) is 0 Å². The first kappa shape index (κ1) is 11.3. The third-order valence-corrected chi connectivity index (χ3v) is 4.01. The second-order valence-corrected chi connectivity index (χ2v) is 5.15. The van der Waals surface area contributed by atoms with Gasteiger partial charge in [-0.25, -0.2) is 0 Å². The number of benzene rings is 2. The molecule has 0 saturated heterocycles. The SMILES string of the molecule is CC(c1ccccc1)C1CCc2ccccc2N1. The highest BCUT2D eigenvalue weighted by molar-refractivity contribution is 5.54. The quantitative estimate of drug-likeness (QED) is 0.824. The summed E-state index contributed by atoms with van der Waals surface area (Å²) >= 11 is 0. The highest BCUT2D eigenvalue weighted by Gasteiger charge is 2.23. The Hall–Kier alpha value is -1.76. The number of hydrogen-bond acceptors (Lipinski definition) is 1. The molecule has 0 amide bonds. The molecule has 1 heterocycles. The first-order valence-electron chi connectivity index (χ1n) is 6.74. The van der Waals surface area contributed by atoms with Gasteiger partial charge in [-0.05, 0) is 30.0 Å². The maximum absolute atomic E-state index is 3.70. The second-order valence-electron chi connectivity index (χ2n) is 5.15. The van der Waals surface area contributed by atoms with E-state index in [1.165, 1.54) is 29.7 Å². The van der Waals surface area contributed by atoms with Crippen LogP contribution in [0.1, 0.15) is 30.4 Å². The van der Waals surface area contributed by atoms with Crippen molar-refractivity contribution >= 4 is 5.69 Å². The van der Waals surface area contributed by atoms with Crippen LogP contribution in [-0.2, 0) is 6.42 Å². The molecule has 2 atom stereocenters. The Morgan fingerprint density at radius 1 is 1.00 bits per heavy atom. The van der Waals surface area contributed by atoms with Gasteiger partial charge < -0.3 is 5.32 Å². The molecule has 92 valence electrons. The Balaban J connectivity index is 1.80. The molecule has 0 aromatic heterocycles. The summed E-state index contributed by atoms with van der Waals surface area (Å²) in [7, 11) is 0. The lowest BCUT2D eigenvalue weighted by molar-refractivity contribution is 0.547. The monoisotopic (exact) mass is 237 g/mol. The van der Waals surface area contributed by atoms with Gasteiger partial charge in [0.25, 0.3) is 0 Å². The fourth-order valence-electron chi connectivity index (χ4n) is 2.83. The average molecular weight is 237 g/mol.